The van der Waals surface area contributed by atoms with Gasteiger partial charge in [0.2, 0.25) is 10.0 Å². The molecule has 2 atom stereocenters. The van der Waals surface area contributed by atoms with E-state index in [1.807, 2.05) is 44.2 Å². The van der Waals surface area contributed by atoms with Gasteiger partial charge >= 0.3 is 0 Å². The fraction of sp³-hybridized carbons (Fsp3) is 0.368. The Morgan fingerprint density at radius 3 is 2.28 bits per heavy atom. The summed E-state index contributed by atoms with van der Waals surface area (Å²) in [4.78, 5) is 0.268. The highest BCUT2D eigenvalue weighted by atomic mass is 32.2. The molecule has 1 heterocycles. The van der Waals surface area contributed by atoms with Gasteiger partial charge in [0, 0.05) is 25.0 Å². The lowest BCUT2D eigenvalue weighted by Crippen LogP contribution is -2.32. The van der Waals surface area contributed by atoms with Gasteiger partial charge in [-0.15, -0.1) is 0 Å². The first-order valence-electron chi connectivity index (χ1n) is 8.45. The average molecular weight is 360 g/mol. The van der Waals surface area contributed by atoms with Crippen LogP contribution in [0.25, 0.3) is 0 Å². The van der Waals surface area contributed by atoms with Gasteiger partial charge in [-0.25, -0.2) is 8.42 Å². The number of nitrogens with two attached hydrogens (primary N) is 1. The molecular formula is C19H24N2O3S. The summed E-state index contributed by atoms with van der Waals surface area (Å²) in [5, 5.41) is 0. The molecular weight excluding hydrogens is 336 g/mol. The third kappa shape index (κ3) is 3.86. The molecule has 3 rings (SSSR count). The second-order valence-corrected chi connectivity index (χ2v) is 8.58. The van der Waals surface area contributed by atoms with Crippen molar-refractivity contribution in [2.45, 2.75) is 36.8 Å². The standard InChI is InChI=1S/C19H24N2O3S/c1-14(2)24-16-8-10-17(11-9-16)25(22,23)21-12-18(19(20)13-21)15-6-4-3-5-7-15/h3-11,14,18-19H,12-13,20H2,1-2H3/t18-,19+/m0/s1. The van der Waals surface area contributed by atoms with E-state index in [4.69, 9.17) is 10.5 Å². The third-order valence-electron chi connectivity index (χ3n) is 4.39. The minimum atomic E-state index is -3.56. The molecule has 1 aliphatic rings. The van der Waals surface area contributed by atoms with E-state index >= 15 is 0 Å². The molecule has 0 amide bonds. The first-order valence-corrected chi connectivity index (χ1v) is 9.89. The summed E-state index contributed by atoms with van der Waals surface area (Å²) in [6, 6.07) is 16.2. The molecule has 25 heavy (non-hydrogen) atoms. The molecule has 5 nitrogen and oxygen atoms in total. The van der Waals surface area contributed by atoms with E-state index in [1.54, 1.807) is 24.3 Å². The topological polar surface area (TPSA) is 72.6 Å². The molecule has 0 aromatic heterocycles. The highest BCUT2D eigenvalue weighted by molar-refractivity contribution is 7.89. The Balaban J connectivity index is 1.79. The molecule has 6 heteroatoms. The molecule has 2 aromatic carbocycles. The van der Waals surface area contributed by atoms with Gasteiger partial charge in [0.05, 0.1) is 11.0 Å². The lowest BCUT2D eigenvalue weighted by molar-refractivity contribution is 0.242. The van der Waals surface area contributed by atoms with Crippen molar-refractivity contribution < 1.29 is 13.2 Å². The van der Waals surface area contributed by atoms with Gasteiger partial charge in [0.15, 0.2) is 0 Å². The maximum Gasteiger partial charge on any atom is 0.243 e. The number of hydrogen-bond acceptors (Lipinski definition) is 4. The van der Waals surface area contributed by atoms with E-state index < -0.39 is 10.0 Å². The van der Waals surface area contributed by atoms with Gasteiger partial charge in [-0.1, -0.05) is 30.3 Å². The van der Waals surface area contributed by atoms with Crippen LogP contribution in [0.4, 0.5) is 0 Å². The average Bonchev–Trinajstić information content (AvgIpc) is 2.98. The van der Waals surface area contributed by atoms with Crippen LogP contribution in [0, 0.1) is 0 Å². The van der Waals surface area contributed by atoms with Crippen molar-refractivity contribution in [3.63, 3.8) is 0 Å². The van der Waals surface area contributed by atoms with Gasteiger partial charge < -0.3 is 10.5 Å². The Morgan fingerprint density at radius 1 is 1.04 bits per heavy atom. The predicted octanol–water partition coefficient (Wildman–Crippen LogP) is 2.59. The first kappa shape index (κ1) is 17.9. The third-order valence-corrected chi connectivity index (χ3v) is 6.24. The van der Waals surface area contributed by atoms with Crippen LogP contribution in [-0.2, 0) is 10.0 Å². The summed E-state index contributed by atoms with van der Waals surface area (Å²) in [5.41, 5.74) is 7.31. The Labute approximate surface area is 149 Å². The van der Waals surface area contributed by atoms with Gasteiger partial charge in [-0.2, -0.15) is 4.31 Å². The van der Waals surface area contributed by atoms with Crippen LogP contribution < -0.4 is 10.5 Å². The zero-order valence-corrected chi connectivity index (χ0v) is 15.3. The van der Waals surface area contributed by atoms with Crippen molar-refractivity contribution in [3.8, 4) is 5.75 Å². The monoisotopic (exact) mass is 360 g/mol. The Hall–Kier alpha value is -1.89. The molecule has 1 fully saturated rings. The number of hydrogen-bond donors (Lipinski definition) is 1. The van der Waals surface area contributed by atoms with E-state index in [-0.39, 0.29) is 23.0 Å². The molecule has 2 aromatic rings. The van der Waals surface area contributed by atoms with Crippen LogP contribution >= 0.6 is 0 Å². The number of nitrogens with zero attached hydrogens (tertiary/aromatic N) is 1. The largest absolute Gasteiger partial charge is 0.491 e. The smallest absolute Gasteiger partial charge is 0.243 e. The van der Waals surface area contributed by atoms with Crippen molar-refractivity contribution >= 4 is 10.0 Å². The van der Waals surface area contributed by atoms with Crippen LogP contribution in [0.5, 0.6) is 5.75 Å². The lowest BCUT2D eigenvalue weighted by atomic mass is 9.95. The molecule has 0 aliphatic carbocycles. The van der Waals surface area contributed by atoms with E-state index in [0.717, 1.165) is 5.56 Å². The molecule has 0 spiro atoms. The van der Waals surface area contributed by atoms with Crippen LogP contribution in [0.2, 0.25) is 0 Å². The normalized spacial score (nSPS) is 21.6. The summed E-state index contributed by atoms with van der Waals surface area (Å²) in [5.74, 6) is 0.675. The minimum Gasteiger partial charge on any atom is -0.491 e. The van der Waals surface area contributed by atoms with E-state index in [2.05, 4.69) is 0 Å². The molecule has 1 aliphatic heterocycles. The number of ether oxygens (including phenoxy) is 1. The quantitative estimate of drug-likeness (QED) is 0.889. The molecule has 2 N–H and O–H groups in total. The fourth-order valence-electron chi connectivity index (χ4n) is 3.15. The second-order valence-electron chi connectivity index (χ2n) is 6.64. The van der Waals surface area contributed by atoms with Crippen LogP contribution in [-0.4, -0.2) is 38.0 Å². The molecule has 1 saturated heterocycles. The SMILES string of the molecule is CC(C)Oc1ccc(S(=O)(=O)N2C[C@@H](N)[C@H](c3ccccc3)C2)cc1. The molecule has 0 unspecified atom stereocenters. The van der Waals surface area contributed by atoms with Crippen LogP contribution in [0.15, 0.2) is 59.5 Å². The highest BCUT2D eigenvalue weighted by Crippen LogP contribution is 2.31. The van der Waals surface area contributed by atoms with Crippen molar-refractivity contribution in [1.29, 1.82) is 0 Å². The van der Waals surface area contributed by atoms with Crippen LogP contribution in [0.1, 0.15) is 25.3 Å². The summed E-state index contributed by atoms with van der Waals surface area (Å²) < 4.78 is 32.9. The maximum absolute atomic E-state index is 12.9. The van der Waals surface area contributed by atoms with Gasteiger partial charge in [-0.3, -0.25) is 0 Å². The van der Waals surface area contributed by atoms with Crippen molar-refractivity contribution in [2.75, 3.05) is 13.1 Å². The number of benzene rings is 2. The predicted molar refractivity (Wildman–Crippen MR) is 98.1 cm³/mol. The van der Waals surface area contributed by atoms with Gasteiger partial charge in [0.1, 0.15) is 5.75 Å². The van der Waals surface area contributed by atoms with Crippen molar-refractivity contribution in [1.82, 2.24) is 4.31 Å². The summed E-state index contributed by atoms with van der Waals surface area (Å²) >= 11 is 0. The molecule has 134 valence electrons. The fourth-order valence-corrected chi connectivity index (χ4v) is 4.66. The number of sulfonamides is 1. The Bertz CT molecular complexity index is 804. The minimum absolute atomic E-state index is 0.0134. The molecule has 0 radical (unpaired) electrons. The zero-order valence-electron chi connectivity index (χ0n) is 14.5. The molecule has 0 bridgehead atoms. The second kappa shape index (κ2) is 7.15. The highest BCUT2D eigenvalue weighted by Gasteiger charge is 2.38. The van der Waals surface area contributed by atoms with Gasteiger partial charge in [0.25, 0.3) is 0 Å². The van der Waals surface area contributed by atoms with Gasteiger partial charge in [-0.05, 0) is 43.7 Å². The zero-order chi connectivity index (χ0) is 18.0. The number of rotatable bonds is 5. The molecule has 0 saturated carbocycles. The van der Waals surface area contributed by atoms with Crippen LogP contribution in [0.3, 0.4) is 0 Å². The van der Waals surface area contributed by atoms with Crippen molar-refractivity contribution in [2.24, 2.45) is 5.73 Å². The maximum atomic E-state index is 12.9. The summed E-state index contributed by atoms with van der Waals surface area (Å²) in [6.07, 6.45) is 0.0469. The Morgan fingerprint density at radius 2 is 1.68 bits per heavy atom. The van der Waals surface area contributed by atoms with Crippen molar-refractivity contribution in [3.05, 3.63) is 60.2 Å². The Kier molecular flexibility index (Phi) is 5.13. The van der Waals surface area contributed by atoms with E-state index in [1.165, 1.54) is 4.31 Å². The first-order chi connectivity index (χ1) is 11.9. The summed E-state index contributed by atoms with van der Waals surface area (Å²) in [6.45, 7) is 4.59. The summed E-state index contributed by atoms with van der Waals surface area (Å²) in [7, 11) is -3.56. The van der Waals surface area contributed by atoms with E-state index in [0.29, 0.717) is 18.8 Å². The van der Waals surface area contributed by atoms with E-state index in [9.17, 15) is 8.42 Å². The lowest BCUT2D eigenvalue weighted by Gasteiger charge is -2.17.